The molecule has 0 spiro atoms. The second-order valence-corrected chi connectivity index (χ2v) is 12.1. The standard InChI is InChI=1S/C27H36BrN3O2/c1-25-14-12-20(33-27(17-28,30-31-29)18-6-4-3-5-7-18)16-19(25)8-9-21-22-10-11-24(32)26(22,2)15-13-23(21)25/h3-7,19-23H,8-17H2,1-2H3/t19?,20-,21+,22+,23+,25+,26+,27?/m1/s1. The monoisotopic (exact) mass is 513 g/mol. The van der Waals surface area contributed by atoms with E-state index in [1.54, 1.807) is 0 Å². The van der Waals surface area contributed by atoms with Crippen LogP contribution < -0.4 is 0 Å². The highest BCUT2D eigenvalue weighted by Crippen LogP contribution is 2.65. The predicted molar refractivity (Wildman–Crippen MR) is 133 cm³/mol. The lowest BCUT2D eigenvalue weighted by Crippen LogP contribution is -2.54. The molecule has 2 unspecified atom stereocenters. The van der Waals surface area contributed by atoms with E-state index in [0.29, 0.717) is 34.3 Å². The zero-order valence-electron chi connectivity index (χ0n) is 19.9. The van der Waals surface area contributed by atoms with Gasteiger partial charge in [-0.3, -0.25) is 4.79 Å². The number of carbonyl (C=O) groups is 1. The van der Waals surface area contributed by atoms with Gasteiger partial charge in [-0.1, -0.05) is 65.2 Å². The molecule has 0 radical (unpaired) electrons. The van der Waals surface area contributed by atoms with E-state index in [9.17, 15) is 10.3 Å². The molecular formula is C27H36BrN3O2. The molecule has 6 heteroatoms. The molecule has 8 atom stereocenters. The molecule has 0 bridgehead atoms. The Balaban J connectivity index is 1.34. The number of alkyl halides is 1. The molecule has 4 saturated carbocycles. The Morgan fingerprint density at radius 1 is 1.12 bits per heavy atom. The number of ether oxygens (including phenoxy) is 1. The molecule has 1 aromatic carbocycles. The smallest absolute Gasteiger partial charge is 0.181 e. The Labute approximate surface area is 205 Å². The summed E-state index contributed by atoms with van der Waals surface area (Å²) in [4.78, 5) is 15.8. The average molecular weight is 515 g/mol. The van der Waals surface area contributed by atoms with Crippen LogP contribution in [0.5, 0.6) is 0 Å². The van der Waals surface area contributed by atoms with Crippen LogP contribution >= 0.6 is 15.9 Å². The summed E-state index contributed by atoms with van der Waals surface area (Å²) in [5, 5.41) is 4.59. The van der Waals surface area contributed by atoms with Gasteiger partial charge >= 0.3 is 0 Å². The number of rotatable bonds is 5. The van der Waals surface area contributed by atoms with Gasteiger partial charge in [0.2, 0.25) is 0 Å². The fourth-order valence-corrected chi connectivity index (χ4v) is 9.00. The van der Waals surface area contributed by atoms with Crippen LogP contribution in [0.15, 0.2) is 35.4 Å². The van der Waals surface area contributed by atoms with Crippen LogP contribution in [0.2, 0.25) is 0 Å². The average Bonchev–Trinajstić information content (AvgIpc) is 3.14. The summed E-state index contributed by atoms with van der Waals surface area (Å²) in [6.07, 6.45) is 9.95. The SMILES string of the molecule is C[C@]12CC[C@@H](OC(CBr)(N=[N+]=[N-])c3ccccc3)CC1CC[C@@H]1[C@@H]2CC[C@]2(C)C(=O)CC[C@@H]12. The molecule has 5 nitrogen and oxygen atoms in total. The van der Waals surface area contributed by atoms with Gasteiger partial charge in [0, 0.05) is 22.1 Å². The Morgan fingerprint density at radius 2 is 1.91 bits per heavy atom. The van der Waals surface area contributed by atoms with Crippen molar-refractivity contribution in [1.82, 2.24) is 0 Å². The van der Waals surface area contributed by atoms with E-state index in [-0.39, 0.29) is 11.5 Å². The first-order valence-electron chi connectivity index (χ1n) is 12.8. The number of azide groups is 1. The van der Waals surface area contributed by atoms with Crippen LogP contribution in [-0.4, -0.2) is 17.2 Å². The van der Waals surface area contributed by atoms with Crippen LogP contribution in [0.3, 0.4) is 0 Å². The minimum atomic E-state index is -1.01. The van der Waals surface area contributed by atoms with E-state index in [4.69, 9.17) is 4.74 Å². The first-order chi connectivity index (χ1) is 15.9. The summed E-state index contributed by atoms with van der Waals surface area (Å²) in [7, 11) is 0. The molecule has 33 heavy (non-hydrogen) atoms. The summed E-state index contributed by atoms with van der Waals surface area (Å²) in [5.41, 5.74) is 9.50. The summed E-state index contributed by atoms with van der Waals surface area (Å²) < 4.78 is 6.67. The highest BCUT2D eigenvalue weighted by molar-refractivity contribution is 9.09. The molecule has 0 amide bonds. The fourth-order valence-electron chi connectivity index (χ4n) is 8.43. The molecule has 178 valence electrons. The van der Waals surface area contributed by atoms with E-state index in [2.05, 4.69) is 39.8 Å². The van der Waals surface area contributed by atoms with Gasteiger partial charge < -0.3 is 4.74 Å². The topological polar surface area (TPSA) is 75.1 Å². The van der Waals surface area contributed by atoms with Gasteiger partial charge in [0.05, 0.1) is 6.10 Å². The first-order valence-corrected chi connectivity index (χ1v) is 13.9. The van der Waals surface area contributed by atoms with Crippen molar-refractivity contribution in [2.75, 3.05) is 5.33 Å². The Kier molecular flexibility index (Phi) is 6.16. The van der Waals surface area contributed by atoms with E-state index in [1.807, 2.05) is 30.3 Å². The van der Waals surface area contributed by atoms with Crippen LogP contribution in [0.4, 0.5) is 0 Å². The van der Waals surface area contributed by atoms with Gasteiger partial charge in [-0.15, -0.1) is 0 Å². The van der Waals surface area contributed by atoms with Crippen molar-refractivity contribution in [3.63, 3.8) is 0 Å². The summed E-state index contributed by atoms with van der Waals surface area (Å²) in [6, 6.07) is 9.86. The Morgan fingerprint density at radius 3 is 2.64 bits per heavy atom. The summed E-state index contributed by atoms with van der Waals surface area (Å²) in [6.45, 7) is 4.80. The van der Waals surface area contributed by atoms with Gasteiger partial charge in [-0.2, -0.15) is 0 Å². The summed E-state index contributed by atoms with van der Waals surface area (Å²) >= 11 is 3.58. The van der Waals surface area contributed by atoms with Crippen molar-refractivity contribution in [2.45, 2.75) is 83.5 Å². The van der Waals surface area contributed by atoms with Gasteiger partial charge in [0.25, 0.3) is 0 Å². The molecule has 0 saturated heterocycles. The van der Waals surface area contributed by atoms with Gasteiger partial charge in [-0.25, -0.2) is 0 Å². The third-order valence-electron chi connectivity index (χ3n) is 10.3. The van der Waals surface area contributed by atoms with Gasteiger partial charge in [-0.05, 0) is 91.5 Å². The molecule has 0 N–H and O–H groups in total. The molecule has 4 fully saturated rings. The van der Waals surface area contributed by atoms with Crippen molar-refractivity contribution in [1.29, 1.82) is 0 Å². The minimum Gasteiger partial charge on any atom is -0.360 e. The van der Waals surface area contributed by atoms with E-state index in [1.165, 1.54) is 19.3 Å². The number of ketones is 1. The minimum absolute atomic E-state index is 0.0505. The number of hydrogen-bond acceptors (Lipinski definition) is 3. The number of benzene rings is 1. The Bertz CT molecular complexity index is 950. The second-order valence-electron chi connectivity index (χ2n) is 11.6. The van der Waals surface area contributed by atoms with Crippen molar-refractivity contribution < 1.29 is 9.53 Å². The highest BCUT2D eigenvalue weighted by Gasteiger charge is 2.60. The normalized spacial score (nSPS) is 41.8. The van der Waals surface area contributed by atoms with Crippen LogP contribution in [0.25, 0.3) is 10.4 Å². The maximum absolute atomic E-state index is 12.7. The van der Waals surface area contributed by atoms with Gasteiger partial charge in [0.1, 0.15) is 5.78 Å². The molecule has 4 aliphatic carbocycles. The Hall–Kier alpha value is -1.36. The number of carbonyl (C=O) groups excluding carboxylic acids is 1. The van der Waals surface area contributed by atoms with Crippen LogP contribution in [0, 0.1) is 34.5 Å². The predicted octanol–water partition coefficient (Wildman–Crippen LogP) is 7.54. The highest BCUT2D eigenvalue weighted by atomic mass is 79.9. The van der Waals surface area contributed by atoms with Gasteiger partial charge in [0.15, 0.2) is 5.72 Å². The number of hydrogen-bond donors (Lipinski definition) is 0. The lowest BCUT2D eigenvalue weighted by Gasteiger charge is -2.60. The molecular weight excluding hydrogens is 478 g/mol. The number of fused-ring (bicyclic) bond motifs is 5. The lowest BCUT2D eigenvalue weighted by molar-refractivity contribution is -0.161. The van der Waals surface area contributed by atoms with Crippen molar-refractivity contribution in [3.05, 3.63) is 46.3 Å². The van der Waals surface area contributed by atoms with Crippen LogP contribution in [-0.2, 0) is 15.3 Å². The lowest BCUT2D eigenvalue weighted by atomic mass is 9.45. The quantitative estimate of drug-likeness (QED) is 0.176. The molecule has 0 aliphatic heterocycles. The third-order valence-corrected chi connectivity index (χ3v) is 11.1. The van der Waals surface area contributed by atoms with E-state index >= 15 is 0 Å². The van der Waals surface area contributed by atoms with Crippen molar-refractivity contribution in [3.8, 4) is 0 Å². The molecule has 4 aliphatic rings. The number of nitrogens with zero attached hydrogens (tertiary/aromatic N) is 3. The number of Topliss-reactive ketones (excluding diaryl/α,β-unsaturated/α-hetero) is 1. The zero-order chi connectivity index (χ0) is 23.3. The molecule has 1 aromatic rings. The van der Waals surface area contributed by atoms with Crippen molar-refractivity contribution in [2.24, 2.45) is 39.6 Å². The van der Waals surface area contributed by atoms with E-state index in [0.717, 1.165) is 50.0 Å². The maximum atomic E-state index is 12.7. The summed E-state index contributed by atoms with van der Waals surface area (Å²) in [5.74, 6) is 3.20. The fraction of sp³-hybridized carbons (Fsp3) is 0.741. The molecule has 0 heterocycles. The number of halogens is 1. The third kappa shape index (κ3) is 3.68. The second kappa shape index (κ2) is 8.70. The van der Waals surface area contributed by atoms with E-state index < -0.39 is 5.72 Å². The first kappa shape index (κ1) is 23.4. The van der Waals surface area contributed by atoms with Crippen LogP contribution in [0.1, 0.15) is 77.2 Å². The zero-order valence-corrected chi connectivity index (χ0v) is 21.5. The maximum Gasteiger partial charge on any atom is 0.181 e. The van der Waals surface area contributed by atoms with Crippen molar-refractivity contribution >= 4 is 21.7 Å². The molecule has 5 rings (SSSR count). The largest absolute Gasteiger partial charge is 0.360 e. The molecule has 0 aromatic heterocycles.